The lowest BCUT2D eigenvalue weighted by Crippen LogP contribution is -2.34. The van der Waals surface area contributed by atoms with Crippen LogP contribution in [0.25, 0.3) is 10.2 Å². The molecule has 1 aliphatic carbocycles. The molecule has 152 valence electrons. The molecule has 0 bridgehead atoms. The molecule has 1 N–H and O–H groups in total. The van der Waals surface area contributed by atoms with Gasteiger partial charge in [-0.15, -0.1) is 16.4 Å². The second-order valence-electron chi connectivity index (χ2n) is 7.55. The topological polar surface area (TPSA) is 76.9 Å². The maximum absolute atomic E-state index is 13.2. The van der Waals surface area contributed by atoms with Crippen LogP contribution in [0.5, 0.6) is 0 Å². The normalized spacial score (nSPS) is 14.6. The summed E-state index contributed by atoms with van der Waals surface area (Å²) in [4.78, 5) is 28.2. The van der Waals surface area contributed by atoms with E-state index in [9.17, 15) is 9.59 Å². The van der Waals surface area contributed by atoms with E-state index >= 15 is 0 Å². The Morgan fingerprint density at radius 2 is 1.90 bits per heavy atom. The van der Waals surface area contributed by atoms with Crippen molar-refractivity contribution in [2.45, 2.75) is 65.3 Å². The Hall–Kier alpha value is -2.54. The fraction of sp³-hybridized carbons (Fsp3) is 0.455. The molecule has 4 rings (SSSR count). The number of nitrogens with zero attached hydrogens (tertiary/aromatic N) is 3. The van der Waals surface area contributed by atoms with Gasteiger partial charge in [-0.25, -0.2) is 0 Å². The zero-order chi connectivity index (χ0) is 20.5. The molecule has 0 spiro atoms. The number of benzene rings is 1. The quantitative estimate of drug-likeness (QED) is 0.688. The van der Waals surface area contributed by atoms with Crippen molar-refractivity contribution >= 4 is 33.1 Å². The summed E-state index contributed by atoms with van der Waals surface area (Å²) in [6.45, 7) is 5.84. The largest absolute Gasteiger partial charge is 0.324 e. The number of hydrogen-bond donors (Lipinski definition) is 1. The number of para-hydroxylation sites is 1. The van der Waals surface area contributed by atoms with Crippen molar-refractivity contribution in [3.05, 3.63) is 50.1 Å². The van der Waals surface area contributed by atoms with Gasteiger partial charge in [0.15, 0.2) is 4.83 Å². The molecule has 0 saturated heterocycles. The lowest BCUT2D eigenvalue weighted by Gasteiger charge is -2.18. The van der Waals surface area contributed by atoms with Gasteiger partial charge in [0.05, 0.1) is 5.39 Å². The molecule has 1 atom stereocenters. The van der Waals surface area contributed by atoms with E-state index in [-0.39, 0.29) is 11.5 Å². The number of aryl methyl sites for hydroxylation is 4. The number of fused-ring (bicyclic) bond motifs is 3. The monoisotopic (exact) mass is 410 g/mol. The molecule has 1 aromatic carbocycles. The summed E-state index contributed by atoms with van der Waals surface area (Å²) < 4.78 is 1.24. The van der Waals surface area contributed by atoms with E-state index in [1.165, 1.54) is 9.56 Å². The first-order valence-corrected chi connectivity index (χ1v) is 11.2. The maximum atomic E-state index is 13.2. The highest BCUT2D eigenvalue weighted by molar-refractivity contribution is 7.18. The Morgan fingerprint density at radius 3 is 2.59 bits per heavy atom. The maximum Gasteiger partial charge on any atom is 0.279 e. The molecule has 1 unspecified atom stereocenters. The van der Waals surface area contributed by atoms with Gasteiger partial charge in [-0.3, -0.25) is 9.59 Å². The molecular formula is C22H26N4O2S. The average molecular weight is 411 g/mol. The highest BCUT2D eigenvalue weighted by atomic mass is 32.1. The first-order valence-electron chi connectivity index (χ1n) is 10.4. The van der Waals surface area contributed by atoms with Crippen LogP contribution < -0.4 is 10.9 Å². The van der Waals surface area contributed by atoms with E-state index in [1.54, 1.807) is 18.3 Å². The summed E-state index contributed by atoms with van der Waals surface area (Å²) in [5.74, 6) is -0.250. The van der Waals surface area contributed by atoms with Crippen LogP contribution in [0.1, 0.15) is 61.2 Å². The summed E-state index contributed by atoms with van der Waals surface area (Å²) in [5.41, 5.74) is 3.93. The Bertz CT molecular complexity index is 1110. The Morgan fingerprint density at radius 1 is 1.21 bits per heavy atom. The van der Waals surface area contributed by atoms with Crippen LogP contribution in [-0.4, -0.2) is 20.9 Å². The molecule has 0 radical (unpaired) electrons. The van der Waals surface area contributed by atoms with E-state index in [0.717, 1.165) is 60.9 Å². The van der Waals surface area contributed by atoms with Gasteiger partial charge in [-0.1, -0.05) is 37.3 Å². The van der Waals surface area contributed by atoms with Gasteiger partial charge in [0.1, 0.15) is 6.04 Å². The van der Waals surface area contributed by atoms with Crippen LogP contribution in [0.2, 0.25) is 0 Å². The fourth-order valence-corrected chi connectivity index (χ4v) is 5.28. The van der Waals surface area contributed by atoms with Crippen molar-refractivity contribution in [2.24, 2.45) is 0 Å². The second kappa shape index (κ2) is 8.06. The summed E-state index contributed by atoms with van der Waals surface area (Å²) in [6.07, 6.45) is 5.79. The third-order valence-corrected chi connectivity index (χ3v) is 6.98. The lowest BCUT2D eigenvalue weighted by atomic mass is 9.97. The highest BCUT2D eigenvalue weighted by Crippen LogP contribution is 2.33. The zero-order valence-electron chi connectivity index (χ0n) is 17.1. The van der Waals surface area contributed by atoms with Crippen LogP contribution in [0.4, 0.5) is 5.69 Å². The molecule has 2 aromatic heterocycles. The van der Waals surface area contributed by atoms with E-state index in [2.05, 4.69) is 29.5 Å². The predicted octanol–water partition coefficient (Wildman–Crippen LogP) is 4.06. The van der Waals surface area contributed by atoms with Gasteiger partial charge in [0, 0.05) is 10.6 Å². The molecule has 0 saturated carbocycles. The van der Waals surface area contributed by atoms with Crippen molar-refractivity contribution in [1.29, 1.82) is 0 Å². The number of carbonyl (C=O) groups excluding carboxylic acids is 1. The van der Waals surface area contributed by atoms with Gasteiger partial charge >= 0.3 is 0 Å². The number of rotatable bonds is 5. The first kappa shape index (κ1) is 19.8. The van der Waals surface area contributed by atoms with Crippen molar-refractivity contribution in [1.82, 2.24) is 15.0 Å². The predicted molar refractivity (Wildman–Crippen MR) is 117 cm³/mol. The third-order valence-electron chi connectivity index (χ3n) is 5.80. The molecule has 1 amide bonds. The van der Waals surface area contributed by atoms with Crippen LogP contribution >= 0.6 is 11.3 Å². The van der Waals surface area contributed by atoms with Crippen LogP contribution in [0.3, 0.4) is 0 Å². The van der Waals surface area contributed by atoms with E-state index in [1.807, 2.05) is 18.2 Å². The van der Waals surface area contributed by atoms with Crippen molar-refractivity contribution < 1.29 is 4.79 Å². The molecular weight excluding hydrogens is 384 g/mol. The summed E-state index contributed by atoms with van der Waals surface area (Å²) in [6, 6.07) is 5.32. The van der Waals surface area contributed by atoms with Gasteiger partial charge in [-0.2, -0.15) is 4.68 Å². The van der Waals surface area contributed by atoms with E-state index in [4.69, 9.17) is 0 Å². The van der Waals surface area contributed by atoms with Crippen LogP contribution in [0, 0.1) is 0 Å². The second-order valence-corrected chi connectivity index (χ2v) is 8.64. The first-order chi connectivity index (χ1) is 14.0. The number of carbonyl (C=O) groups is 1. The van der Waals surface area contributed by atoms with Crippen LogP contribution in [0.15, 0.2) is 23.0 Å². The van der Waals surface area contributed by atoms with Gasteiger partial charge in [0.25, 0.3) is 5.56 Å². The van der Waals surface area contributed by atoms with Crippen molar-refractivity contribution in [3.8, 4) is 0 Å². The molecule has 0 aliphatic heterocycles. The average Bonchev–Trinajstić information content (AvgIpc) is 3.13. The number of amides is 1. The number of anilines is 1. The molecule has 7 heteroatoms. The molecule has 6 nitrogen and oxygen atoms in total. The number of aromatic nitrogens is 3. The molecule has 0 fully saturated rings. The zero-order valence-corrected chi connectivity index (χ0v) is 17.9. The third kappa shape index (κ3) is 3.48. The lowest BCUT2D eigenvalue weighted by molar-refractivity contribution is -0.119. The Balaban J connectivity index is 1.69. The SMILES string of the molecule is CCc1cccc(CC)c1NC(=O)C(C)n1nnc2sc3c(c2c1=O)CCCC3. The Labute approximate surface area is 173 Å². The van der Waals surface area contributed by atoms with Gasteiger partial charge in [-0.05, 0) is 62.1 Å². The van der Waals surface area contributed by atoms with Gasteiger partial charge < -0.3 is 5.32 Å². The fourth-order valence-electron chi connectivity index (χ4n) is 4.08. The Kier molecular flexibility index (Phi) is 5.50. The number of thiophene rings is 1. The number of nitrogens with one attached hydrogen (secondary N) is 1. The van der Waals surface area contributed by atoms with E-state index in [0.29, 0.717) is 10.2 Å². The van der Waals surface area contributed by atoms with Crippen LogP contribution in [-0.2, 0) is 30.5 Å². The highest BCUT2D eigenvalue weighted by Gasteiger charge is 2.25. The van der Waals surface area contributed by atoms with Crippen molar-refractivity contribution in [2.75, 3.05) is 5.32 Å². The minimum absolute atomic E-state index is 0.212. The standard InChI is InChI=1S/C22H26N4O2S/c1-4-14-9-8-10-15(5-2)19(14)23-20(27)13(3)26-22(28)18-16-11-6-7-12-17(16)29-21(18)24-25-26/h8-10,13H,4-7,11-12H2,1-3H3,(H,23,27). The molecule has 29 heavy (non-hydrogen) atoms. The van der Waals surface area contributed by atoms with E-state index < -0.39 is 6.04 Å². The van der Waals surface area contributed by atoms with Gasteiger partial charge in [0.2, 0.25) is 5.91 Å². The minimum atomic E-state index is -0.742. The molecule has 1 aliphatic rings. The smallest absolute Gasteiger partial charge is 0.279 e. The summed E-state index contributed by atoms with van der Waals surface area (Å²) in [7, 11) is 0. The van der Waals surface area contributed by atoms with Crippen molar-refractivity contribution in [3.63, 3.8) is 0 Å². The minimum Gasteiger partial charge on any atom is -0.324 e. The summed E-state index contributed by atoms with van der Waals surface area (Å²) in [5, 5.41) is 12.1. The number of hydrogen-bond acceptors (Lipinski definition) is 5. The molecule has 2 heterocycles. The molecule has 3 aromatic rings. The summed E-state index contributed by atoms with van der Waals surface area (Å²) >= 11 is 1.57.